The first-order chi connectivity index (χ1) is 12.0. The van der Waals surface area contributed by atoms with E-state index in [0.717, 1.165) is 10.5 Å². The Labute approximate surface area is 149 Å². The van der Waals surface area contributed by atoms with E-state index in [2.05, 4.69) is 5.32 Å². The summed E-state index contributed by atoms with van der Waals surface area (Å²) in [6.07, 6.45) is 2.08. The number of carbonyl (C=O) groups is 3. The lowest BCUT2D eigenvalue weighted by Crippen LogP contribution is -2.54. The van der Waals surface area contributed by atoms with E-state index in [-0.39, 0.29) is 5.57 Å². The van der Waals surface area contributed by atoms with Crippen molar-refractivity contribution >= 4 is 41.2 Å². The molecule has 4 amide bonds. The normalized spacial score (nSPS) is 16.3. The summed E-state index contributed by atoms with van der Waals surface area (Å²) < 4.78 is 0. The maximum Gasteiger partial charge on any atom is 0.335 e. The summed E-state index contributed by atoms with van der Waals surface area (Å²) in [6.45, 7) is 1.93. The Bertz CT molecular complexity index is 905. The van der Waals surface area contributed by atoms with Crippen molar-refractivity contribution in [3.63, 3.8) is 0 Å². The zero-order valence-electron chi connectivity index (χ0n) is 13.5. The molecule has 0 aromatic heterocycles. The molecule has 2 aromatic carbocycles. The van der Waals surface area contributed by atoms with Crippen LogP contribution in [0.2, 0.25) is 5.02 Å². The molecule has 1 aliphatic heterocycles. The maximum absolute atomic E-state index is 12.8. The van der Waals surface area contributed by atoms with Crippen LogP contribution >= 0.6 is 11.6 Å². The number of hydrogen-bond donors (Lipinski definition) is 1. The van der Waals surface area contributed by atoms with Crippen LogP contribution in [0.15, 0.2) is 54.1 Å². The first kappa shape index (κ1) is 16.9. The maximum atomic E-state index is 12.8. The molecule has 0 unspecified atom stereocenters. The second-order valence-corrected chi connectivity index (χ2v) is 5.93. The third-order valence-corrected chi connectivity index (χ3v) is 4.11. The molecule has 0 atom stereocenters. The molecule has 1 heterocycles. The van der Waals surface area contributed by atoms with Crippen LogP contribution < -0.4 is 10.2 Å². The number of nitrogens with one attached hydrogen (secondary N) is 1. The molecule has 1 N–H and O–H groups in total. The molecular weight excluding hydrogens is 340 g/mol. The van der Waals surface area contributed by atoms with Crippen molar-refractivity contribution in [3.05, 3.63) is 70.3 Å². The number of para-hydroxylation sites is 1. The lowest BCUT2D eigenvalue weighted by Gasteiger charge is -2.27. The summed E-state index contributed by atoms with van der Waals surface area (Å²) in [5, 5.41) is 2.71. The third-order valence-electron chi connectivity index (χ3n) is 3.87. The number of urea groups is 1. The highest BCUT2D eigenvalue weighted by molar-refractivity contribution is 6.39. The summed E-state index contributed by atoms with van der Waals surface area (Å²) in [5.74, 6) is -1.38. The van der Waals surface area contributed by atoms with Crippen molar-refractivity contribution in [1.29, 1.82) is 0 Å². The summed E-state index contributed by atoms with van der Waals surface area (Å²) in [4.78, 5) is 38.3. The van der Waals surface area contributed by atoms with Crippen LogP contribution in [-0.2, 0) is 16.0 Å². The molecule has 0 radical (unpaired) electrons. The van der Waals surface area contributed by atoms with E-state index in [1.54, 1.807) is 36.4 Å². The summed E-state index contributed by atoms with van der Waals surface area (Å²) in [6, 6.07) is 13.1. The molecule has 25 heavy (non-hydrogen) atoms. The van der Waals surface area contributed by atoms with E-state index in [9.17, 15) is 14.4 Å². The Morgan fingerprint density at radius 2 is 1.84 bits per heavy atom. The van der Waals surface area contributed by atoms with Gasteiger partial charge in [0.25, 0.3) is 11.8 Å². The Morgan fingerprint density at radius 1 is 1.08 bits per heavy atom. The van der Waals surface area contributed by atoms with Crippen LogP contribution in [0.1, 0.15) is 18.1 Å². The van der Waals surface area contributed by atoms with Gasteiger partial charge in [0, 0.05) is 5.02 Å². The van der Waals surface area contributed by atoms with Crippen molar-refractivity contribution in [2.45, 2.75) is 13.3 Å². The van der Waals surface area contributed by atoms with E-state index in [1.807, 2.05) is 19.1 Å². The van der Waals surface area contributed by atoms with Crippen LogP contribution in [0.3, 0.4) is 0 Å². The van der Waals surface area contributed by atoms with E-state index >= 15 is 0 Å². The van der Waals surface area contributed by atoms with Crippen molar-refractivity contribution in [1.82, 2.24) is 5.32 Å². The zero-order chi connectivity index (χ0) is 18.0. The molecular formula is C19H15ClN2O3. The predicted molar refractivity (Wildman–Crippen MR) is 96.3 cm³/mol. The number of hydrogen-bond acceptors (Lipinski definition) is 3. The fourth-order valence-electron chi connectivity index (χ4n) is 2.67. The minimum absolute atomic E-state index is 0.118. The van der Waals surface area contributed by atoms with E-state index in [1.165, 1.54) is 6.08 Å². The Morgan fingerprint density at radius 3 is 2.56 bits per heavy atom. The number of halogens is 1. The number of barbiturate groups is 1. The minimum Gasteiger partial charge on any atom is -0.273 e. The van der Waals surface area contributed by atoms with Gasteiger partial charge in [0.05, 0.1) is 5.69 Å². The molecule has 0 saturated carbocycles. The monoisotopic (exact) mass is 354 g/mol. The SMILES string of the molecule is CCc1ccccc1N1C(=O)NC(=O)/C(=C/c2cccc(Cl)c2)C1=O. The number of anilines is 1. The van der Waals surface area contributed by atoms with E-state index in [4.69, 9.17) is 11.6 Å². The van der Waals surface area contributed by atoms with Gasteiger partial charge in [0.1, 0.15) is 5.57 Å². The summed E-state index contributed by atoms with van der Waals surface area (Å²) >= 11 is 5.94. The molecule has 1 saturated heterocycles. The van der Waals surface area contributed by atoms with Gasteiger partial charge < -0.3 is 0 Å². The number of aryl methyl sites for hydroxylation is 1. The molecule has 3 rings (SSSR count). The lowest BCUT2D eigenvalue weighted by molar-refractivity contribution is -0.122. The highest BCUT2D eigenvalue weighted by Crippen LogP contribution is 2.26. The van der Waals surface area contributed by atoms with Gasteiger partial charge in [-0.1, -0.05) is 48.9 Å². The molecule has 1 fully saturated rings. The first-order valence-corrected chi connectivity index (χ1v) is 8.14. The van der Waals surface area contributed by atoms with Gasteiger partial charge >= 0.3 is 6.03 Å². The van der Waals surface area contributed by atoms with Crippen molar-refractivity contribution in [3.8, 4) is 0 Å². The molecule has 6 heteroatoms. The smallest absolute Gasteiger partial charge is 0.273 e. The highest BCUT2D eigenvalue weighted by Gasteiger charge is 2.37. The quantitative estimate of drug-likeness (QED) is 0.677. The van der Waals surface area contributed by atoms with Crippen molar-refractivity contribution < 1.29 is 14.4 Å². The van der Waals surface area contributed by atoms with E-state index in [0.29, 0.717) is 22.7 Å². The highest BCUT2D eigenvalue weighted by atomic mass is 35.5. The predicted octanol–water partition coefficient (Wildman–Crippen LogP) is 3.57. The molecule has 126 valence electrons. The Balaban J connectivity index is 2.06. The van der Waals surface area contributed by atoms with Crippen LogP contribution in [0.5, 0.6) is 0 Å². The average Bonchev–Trinajstić information content (AvgIpc) is 2.59. The number of imide groups is 2. The lowest BCUT2D eigenvalue weighted by atomic mass is 10.0. The van der Waals surface area contributed by atoms with Gasteiger partial charge in [-0.3, -0.25) is 14.9 Å². The molecule has 0 bridgehead atoms. The third kappa shape index (κ3) is 3.32. The molecule has 5 nitrogen and oxygen atoms in total. The van der Waals surface area contributed by atoms with Crippen LogP contribution in [0.25, 0.3) is 6.08 Å². The standard InChI is InChI=1S/C19H15ClN2O3/c1-2-13-7-3-4-9-16(13)22-18(24)15(17(23)21-19(22)25)11-12-6-5-8-14(20)10-12/h3-11H,2H2,1H3,(H,21,23,25)/b15-11-. The van der Waals surface area contributed by atoms with Gasteiger partial charge in [-0.2, -0.15) is 0 Å². The largest absolute Gasteiger partial charge is 0.335 e. The number of nitrogens with zero attached hydrogens (tertiary/aromatic N) is 1. The van der Waals surface area contributed by atoms with Gasteiger partial charge in [-0.25, -0.2) is 9.69 Å². The summed E-state index contributed by atoms with van der Waals surface area (Å²) in [5.41, 5.74) is 1.79. The van der Waals surface area contributed by atoms with Gasteiger partial charge in [0.15, 0.2) is 0 Å². The fraction of sp³-hybridized carbons (Fsp3) is 0.105. The molecule has 0 spiro atoms. The number of amides is 4. The molecule has 1 aliphatic rings. The minimum atomic E-state index is -0.751. The molecule has 2 aromatic rings. The number of carbonyl (C=O) groups excluding carboxylic acids is 3. The van der Waals surface area contributed by atoms with Gasteiger partial charge in [-0.15, -0.1) is 0 Å². The second-order valence-electron chi connectivity index (χ2n) is 5.50. The second kappa shape index (κ2) is 6.91. The van der Waals surface area contributed by atoms with Crippen molar-refractivity contribution in [2.75, 3.05) is 4.90 Å². The average molecular weight is 355 g/mol. The number of benzene rings is 2. The Kier molecular flexibility index (Phi) is 4.67. The van der Waals surface area contributed by atoms with Gasteiger partial charge in [0.2, 0.25) is 0 Å². The summed E-state index contributed by atoms with van der Waals surface area (Å²) in [7, 11) is 0. The fourth-order valence-corrected chi connectivity index (χ4v) is 2.87. The van der Waals surface area contributed by atoms with Crippen molar-refractivity contribution in [2.24, 2.45) is 0 Å². The number of rotatable bonds is 3. The van der Waals surface area contributed by atoms with Crippen LogP contribution in [0.4, 0.5) is 10.5 Å². The van der Waals surface area contributed by atoms with Crippen LogP contribution in [-0.4, -0.2) is 17.8 Å². The van der Waals surface area contributed by atoms with Crippen LogP contribution in [0, 0.1) is 0 Å². The van der Waals surface area contributed by atoms with E-state index < -0.39 is 17.8 Å². The Hall–Kier alpha value is -2.92. The first-order valence-electron chi connectivity index (χ1n) is 7.76. The topological polar surface area (TPSA) is 66.5 Å². The van der Waals surface area contributed by atoms with Gasteiger partial charge in [-0.05, 0) is 41.8 Å². The zero-order valence-corrected chi connectivity index (χ0v) is 14.2. The molecule has 0 aliphatic carbocycles.